The molecule has 0 spiro atoms. The molecule has 1 saturated heterocycles. The molecule has 140 valence electrons. The summed E-state index contributed by atoms with van der Waals surface area (Å²) >= 11 is 0. The van der Waals surface area contributed by atoms with Crippen molar-refractivity contribution in [2.75, 3.05) is 24.7 Å². The number of nitrogens with zero attached hydrogens (tertiary/aromatic N) is 3. The topological polar surface area (TPSA) is 108 Å². The van der Waals surface area contributed by atoms with Gasteiger partial charge in [-0.2, -0.15) is 0 Å². The number of anilines is 1. The first kappa shape index (κ1) is 17.1. The molecule has 0 unspecified atom stereocenters. The third kappa shape index (κ3) is 3.12. The second-order valence-electron chi connectivity index (χ2n) is 6.44. The van der Waals surface area contributed by atoms with Crippen LogP contribution in [0.15, 0.2) is 36.4 Å². The number of hydrogen-bond donors (Lipinski definition) is 0. The van der Waals surface area contributed by atoms with Crippen LogP contribution in [0.5, 0.6) is 11.5 Å². The lowest BCUT2D eigenvalue weighted by atomic mass is 10.0. The fourth-order valence-electron chi connectivity index (χ4n) is 3.68. The summed E-state index contributed by atoms with van der Waals surface area (Å²) in [6, 6.07) is 9.43. The van der Waals surface area contributed by atoms with Crippen LogP contribution < -0.4 is 14.4 Å². The predicted molar refractivity (Wildman–Crippen MR) is 96.5 cm³/mol. The molecule has 0 aliphatic carbocycles. The van der Waals surface area contributed by atoms with Crippen molar-refractivity contribution in [1.82, 2.24) is 0 Å². The largest absolute Gasteiger partial charge is 0.486 e. The number of nitro benzene ring substituents is 2. The second kappa shape index (κ2) is 6.75. The quantitative estimate of drug-likeness (QED) is 0.596. The lowest BCUT2D eigenvalue weighted by molar-refractivity contribution is -0.393. The summed E-state index contributed by atoms with van der Waals surface area (Å²) in [5.41, 5.74) is 0.821. The van der Waals surface area contributed by atoms with Gasteiger partial charge in [0.2, 0.25) is 0 Å². The number of non-ortho nitro benzene ring substituents is 1. The Morgan fingerprint density at radius 3 is 2.48 bits per heavy atom. The molecule has 0 aromatic heterocycles. The van der Waals surface area contributed by atoms with Gasteiger partial charge in [0.25, 0.3) is 11.4 Å². The summed E-state index contributed by atoms with van der Waals surface area (Å²) in [5.74, 6) is 1.36. The molecule has 2 aliphatic heterocycles. The maximum Gasteiger partial charge on any atom is 0.299 e. The van der Waals surface area contributed by atoms with E-state index in [0.717, 1.165) is 24.5 Å². The van der Waals surface area contributed by atoms with E-state index in [2.05, 4.69) is 0 Å². The number of ether oxygens (including phenoxy) is 2. The smallest absolute Gasteiger partial charge is 0.299 e. The Morgan fingerprint density at radius 1 is 0.963 bits per heavy atom. The van der Waals surface area contributed by atoms with Gasteiger partial charge in [0, 0.05) is 12.6 Å². The maximum atomic E-state index is 11.5. The Hall–Kier alpha value is -3.36. The van der Waals surface area contributed by atoms with Gasteiger partial charge in [-0.25, -0.2) is 0 Å². The van der Waals surface area contributed by atoms with Crippen LogP contribution in [-0.2, 0) is 0 Å². The molecule has 4 rings (SSSR count). The SMILES string of the molecule is O=[N+]([O-])c1ccc(N2CCC[C@H]2c2ccc3c(c2)OCCO3)c([N+](=O)[O-])c1. The van der Waals surface area contributed by atoms with Gasteiger partial charge in [0.1, 0.15) is 18.9 Å². The zero-order chi connectivity index (χ0) is 19.0. The number of hydrogen-bond acceptors (Lipinski definition) is 7. The third-order valence-corrected chi connectivity index (χ3v) is 4.88. The Labute approximate surface area is 154 Å². The highest BCUT2D eigenvalue weighted by Crippen LogP contribution is 2.43. The first-order valence-corrected chi connectivity index (χ1v) is 8.63. The summed E-state index contributed by atoms with van der Waals surface area (Å²) in [5, 5.41) is 22.5. The van der Waals surface area contributed by atoms with Crippen LogP contribution in [0.3, 0.4) is 0 Å². The lowest BCUT2D eigenvalue weighted by Gasteiger charge is -2.28. The van der Waals surface area contributed by atoms with Crippen molar-refractivity contribution < 1.29 is 19.3 Å². The van der Waals surface area contributed by atoms with E-state index in [1.54, 1.807) is 0 Å². The zero-order valence-electron chi connectivity index (χ0n) is 14.4. The molecular weight excluding hydrogens is 354 g/mol. The van der Waals surface area contributed by atoms with E-state index < -0.39 is 9.85 Å². The minimum Gasteiger partial charge on any atom is -0.486 e. The zero-order valence-corrected chi connectivity index (χ0v) is 14.4. The Bertz CT molecular complexity index is 916. The Kier molecular flexibility index (Phi) is 4.27. The minimum atomic E-state index is -0.626. The second-order valence-corrected chi connectivity index (χ2v) is 6.44. The van der Waals surface area contributed by atoms with Gasteiger partial charge in [-0.15, -0.1) is 0 Å². The van der Waals surface area contributed by atoms with Crippen molar-refractivity contribution in [3.05, 3.63) is 62.2 Å². The molecule has 0 radical (unpaired) electrons. The summed E-state index contributed by atoms with van der Waals surface area (Å²) < 4.78 is 11.2. The fraction of sp³-hybridized carbons (Fsp3) is 0.333. The van der Waals surface area contributed by atoms with Gasteiger partial charge in [0.05, 0.1) is 22.0 Å². The van der Waals surface area contributed by atoms with Crippen LogP contribution in [0.1, 0.15) is 24.4 Å². The molecule has 27 heavy (non-hydrogen) atoms. The molecule has 1 atom stereocenters. The Morgan fingerprint density at radius 2 is 1.74 bits per heavy atom. The molecule has 0 bridgehead atoms. The first-order chi connectivity index (χ1) is 13.0. The molecule has 2 aromatic rings. The van der Waals surface area contributed by atoms with Crippen LogP contribution in [0.25, 0.3) is 0 Å². The van der Waals surface area contributed by atoms with Crippen LogP contribution in [0, 0.1) is 20.2 Å². The number of rotatable bonds is 4. The third-order valence-electron chi connectivity index (χ3n) is 4.88. The van der Waals surface area contributed by atoms with Crippen LogP contribution in [0.2, 0.25) is 0 Å². The highest BCUT2D eigenvalue weighted by atomic mass is 16.6. The van der Waals surface area contributed by atoms with E-state index in [1.165, 1.54) is 12.1 Å². The molecule has 0 saturated carbocycles. The van der Waals surface area contributed by atoms with E-state index in [9.17, 15) is 20.2 Å². The lowest BCUT2D eigenvalue weighted by Crippen LogP contribution is -2.24. The molecule has 0 amide bonds. The van der Waals surface area contributed by atoms with Crippen LogP contribution >= 0.6 is 0 Å². The van der Waals surface area contributed by atoms with Crippen molar-refractivity contribution >= 4 is 17.1 Å². The van der Waals surface area contributed by atoms with Crippen molar-refractivity contribution in [2.45, 2.75) is 18.9 Å². The van der Waals surface area contributed by atoms with Crippen molar-refractivity contribution in [3.63, 3.8) is 0 Å². The summed E-state index contributed by atoms with van der Waals surface area (Å²) in [4.78, 5) is 23.2. The van der Waals surface area contributed by atoms with Crippen LogP contribution in [-0.4, -0.2) is 29.6 Å². The number of benzene rings is 2. The van der Waals surface area contributed by atoms with Gasteiger partial charge in [-0.1, -0.05) is 6.07 Å². The van der Waals surface area contributed by atoms with Gasteiger partial charge < -0.3 is 14.4 Å². The average Bonchev–Trinajstić information content (AvgIpc) is 3.16. The highest BCUT2D eigenvalue weighted by molar-refractivity contribution is 5.68. The summed E-state index contributed by atoms with van der Waals surface area (Å²) in [6.07, 6.45) is 1.70. The minimum absolute atomic E-state index is 0.0685. The predicted octanol–water partition coefficient (Wildman–Crippen LogP) is 3.62. The summed E-state index contributed by atoms with van der Waals surface area (Å²) in [6.45, 7) is 1.63. The molecule has 2 aromatic carbocycles. The highest BCUT2D eigenvalue weighted by Gasteiger charge is 2.32. The molecule has 1 fully saturated rings. The summed E-state index contributed by atoms with van der Waals surface area (Å²) in [7, 11) is 0. The van der Waals surface area contributed by atoms with Crippen molar-refractivity contribution in [2.24, 2.45) is 0 Å². The van der Waals surface area contributed by atoms with Crippen molar-refractivity contribution in [1.29, 1.82) is 0 Å². The van der Waals surface area contributed by atoms with Crippen LogP contribution in [0.4, 0.5) is 17.1 Å². The molecule has 2 heterocycles. The Balaban J connectivity index is 1.71. The van der Waals surface area contributed by atoms with Gasteiger partial charge in [0.15, 0.2) is 11.5 Å². The monoisotopic (exact) mass is 371 g/mol. The van der Waals surface area contributed by atoms with E-state index in [1.807, 2.05) is 23.1 Å². The average molecular weight is 371 g/mol. The number of fused-ring (bicyclic) bond motifs is 1. The standard InChI is InChI=1S/C18H17N3O6/c22-20(23)13-4-5-15(16(11-13)21(24)25)19-7-1-2-14(19)12-3-6-17-18(10-12)27-9-8-26-17/h3-6,10-11,14H,1-2,7-9H2/t14-/m0/s1. The van der Waals surface area contributed by atoms with Gasteiger partial charge in [-0.05, 0) is 36.6 Å². The molecule has 0 N–H and O–H groups in total. The van der Waals surface area contributed by atoms with E-state index in [0.29, 0.717) is 36.9 Å². The first-order valence-electron chi connectivity index (χ1n) is 8.63. The van der Waals surface area contributed by atoms with E-state index in [4.69, 9.17) is 9.47 Å². The molecular formula is C18H17N3O6. The normalized spacial score (nSPS) is 18.4. The van der Waals surface area contributed by atoms with Crippen molar-refractivity contribution in [3.8, 4) is 11.5 Å². The maximum absolute atomic E-state index is 11.5. The van der Waals surface area contributed by atoms with E-state index >= 15 is 0 Å². The fourth-order valence-corrected chi connectivity index (χ4v) is 3.68. The molecule has 2 aliphatic rings. The number of nitro groups is 2. The van der Waals surface area contributed by atoms with E-state index in [-0.39, 0.29) is 17.4 Å². The van der Waals surface area contributed by atoms with Gasteiger partial charge in [-0.3, -0.25) is 20.2 Å². The molecule has 9 nitrogen and oxygen atoms in total. The van der Waals surface area contributed by atoms with Gasteiger partial charge >= 0.3 is 0 Å². The molecule has 9 heteroatoms.